The van der Waals surface area contributed by atoms with E-state index in [1.165, 1.54) is 12.1 Å². The van der Waals surface area contributed by atoms with Crippen LogP contribution in [0.2, 0.25) is 0 Å². The molecular weight excluding hydrogens is 270 g/mol. The van der Waals surface area contributed by atoms with Gasteiger partial charge in [-0.3, -0.25) is 4.90 Å². The molecule has 1 fully saturated rings. The smallest absolute Gasteiger partial charge is 0.126 e. The van der Waals surface area contributed by atoms with E-state index in [0.717, 1.165) is 50.7 Å². The molecule has 1 saturated heterocycles. The highest BCUT2D eigenvalue weighted by molar-refractivity contribution is 5.85. The van der Waals surface area contributed by atoms with E-state index >= 15 is 0 Å². The lowest BCUT2D eigenvalue weighted by Crippen LogP contribution is -2.45. The van der Waals surface area contributed by atoms with Crippen LogP contribution in [-0.2, 0) is 0 Å². The number of rotatable bonds is 4. The van der Waals surface area contributed by atoms with Crippen LogP contribution in [0.4, 0.5) is 8.78 Å². The first kappa shape index (κ1) is 16.3. The predicted molar refractivity (Wildman–Crippen MR) is 75.7 cm³/mol. The van der Waals surface area contributed by atoms with Crippen molar-refractivity contribution in [1.29, 1.82) is 0 Å². The third kappa shape index (κ3) is 4.41. The van der Waals surface area contributed by atoms with Gasteiger partial charge in [0, 0.05) is 38.3 Å². The summed E-state index contributed by atoms with van der Waals surface area (Å²) < 4.78 is 26.6. The zero-order valence-corrected chi connectivity index (χ0v) is 12.0. The molecule has 1 atom stereocenters. The number of hydrogen-bond acceptors (Lipinski definition) is 2. The van der Waals surface area contributed by atoms with Gasteiger partial charge in [-0.2, -0.15) is 0 Å². The molecule has 0 saturated carbocycles. The van der Waals surface area contributed by atoms with Crippen molar-refractivity contribution < 1.29 is 8.78 Å². The zero-order chi connectivity index (χ0) is 13.0. The third-order valence-corrected chi connectivity index (χ3v) is 3.42. The molecule has 1 aliphatic heterocycles. The van der Waals surface area contributed by atoms with E-state index in [2.05, 4.69) is 17.1 Å². The summed E-state index contributed by atoms with van der Waals surface area (Å²) in [7, 11) is 0. The minimum atomic E-state index is -0.485. The van der Waals surface area contributed by atoms with E-state index < -0.39 is 11.6 Å². The van der Waals surface area contributed by atoms with E-state index in [1.54, 1.807) is 0 Å². The third-order valence-electron chi connectivity index (χ3n) is 3.42. The van der Waals surface area contributed by atoms with Crippen molar-refractivity contribution in [2.24, 2.45) is 0 Å². The molecule has 0 aromatic heterocycles. The SMILES string of the molecule is CCC[C@@H](c1cc(F)cc(F)c1)N1CCNCC1.Cl. The van der Waals surface area contributed by atoms with Gasteiger partial charge >= 0.3 is 0 Å². The molecule has 0 bridgehead atoms. The van der Waals surface area contributed by atoms with Gasteiger partial charge in [-0.1, -0.05) is 13.3 Å². The Morgan fingerprint density at radius 1 is 1.16 bits per heavy atom. The molecule has 19 heavy (non-hydrogen) atoms. The number of halogens is 3. The van der Waals surface area contributed by atoms with Crippen LogP contribution in [0.25, 0.3) is 0 Å². The Bertz CT molecular complexity index is 375. The fourth-order valence-corrected chi connectivity index (χ4v) is 2.59. The van der Waals surface area contributed by atoms with Gasteiger partial charge in [0.2, 0.25) is 0 Å². The molecule has 2 rings (SSSR count). The fraction of sp³-hybridized carbons (Fsp3) is 0.571. The molecule has 0 aliphatic carbocycles. The first-order chi connectivity index (χ1) is 8.70. The summed E-state index contributed by atoms with van der Waals surface area (Å²) in [5, 5.41) is 3.30. The van der Waals surface area contributed by atoms with Crippen LogP contribution >= 0.6 is 12.4 Å². The summed E-state index contributed by atoms with van der Waals surface area (Å²) in [4.78, 5) is 2.31. The van der Waals surface area contributed by atoms with Gasteiger partial charge < -0.3 is 5.32 Å². The molecule has 5 heteroatoms. The summed E-state index contributed by atoms with van der Waals surface area (Å²) in [5.41, 5.74) is 0.760. The standard InChI is InChI=1S/C14H20F2N2.ClH/c1-2-3-14(18-6-4-17-5-7-18)11-8-12(15)10-13(16)9-11;/h8-10,14,17H,2-7H2,1H3;1H/t14-;/m0./s1. The summed E-state index contributed by atoms with van der Waals surface area (Å²) in [5.74, 6) is -0.970. The van der Waals surface area contributed by atoms with E-state index in [9.17, 15) is 8.78 Å². The Hall–Kier alpha value is -0.710. The Morgan fingerprint density at radius 2 is 1.74 bits per heavy atom. The Morgan fingerprint density at radius 3 is 2.26 bits per heavy atom. The second-order valence-corrected chi connectivity index (χ2v) is 4.79. The van der Waals surface area contributed by atoms with Crippen molar-refractivity contribution in [3.8, 4) is 0 Å². The van der Waals surface area contributed by atoms with Crippen molar-refractivity contribution in [3.05, 3.63) is 35.4 Å². The molecule has 1 aliphatic rings. The number of nitrogens with one attached hydrogen (secondary N) is 1. The van der Waals surface area contributed by atoms with Gasteiger partial charge in [-0.05, 0) is 24.1 Å². The van der Waals surface area contributed by atoms with Crippen molar-refractivity contribution in [1.82, 2.24) is 10.2 Å². The lowest BCUT2D eigenvalue weighted by atomic mass is 9.99. The highest BCUT2D eigenvalue weighted by Crippen LogP contribution is 2.27. The van der Waals surface area contributed by atoms with Crippen LogP contribution in [0.15, 0.2) is 18.2 Å². The second-order valence-electron chi connectivity index (χ2n) is 4.79. The van der Waals surface area contributed by atoms with Crippen molar-refractivity contribution >= 4 is 12.4 Å². The molecule has 108 valence electrons. The van der Waals surface area contributed by atoms with Gasteiger partial charge in [0.05, 0.1) is 0 Å². The molecule has 0 spiro atoms. The van der Waals surface area contributed by atoms with Crippen molar-refractivity contribution in [3.63, 3.8) is 0 Å². The maximum atomic E-state index is 13.3. The first-order valence-electron chi connectivity index (χ1n) is 6.61. The van der Waals surface area contributed by atoms with E-state index in [4.69, 9.17) is 0 Å². The molecule has 0 unspecified atom stereocenters. The van der Waals surface area contributed by atoms with Gasteiger partial charge in [0.15, 0.2) is 0 Å². The fourth-order valence-electron chi connectivity index (χ4n) is 2.59. The molecule has 0 radical (unpaired) electrons. The topological polar surface area (TPSA) is 15.3 Å². The van der Waals surface area contributed by atoms with Gasteiger partial charge in [-0.15, -0.1) is 12.4 Å². The van der Waals surface area contributed by atoms with Crippen LogP contribution in [0.1, 0.15) is 31.4 Å². The van der Waals surface area contributed by atoms with Crippen LogP contribution in [-0.4, -0.2) is 31.1 Å². The molecular formula is C14H21ClF2N2. The zero-order valence-electron chi connectivity index (χ0n) is 11.2. The Balaban J connectivity index is 0.00000180. The predicted octanol–water partition coefficient (Wildman–Crippen LogP) is 3.13. The minimum absolute atomic E-state index is 0. The van der Waals surface area contributed by atoms with E-state index in [1.807, 2.05) is 0 Å². The lowest BCUT2D eigenvalue weighted by Gasteiger charge is -2.35. The van der Waals surface area contributed by atoms with E-state index in [-0.39, 0.29) is 18.4 Å². The maximum Gasteiger partial charge on any atom is 0.126 e. The number of piperazine rings is 1. The summed E-state index contributed by atoms with van der Waals surface area (Å²) >= 11 is 0. The quantitative estimate of drug-likeness (QED) is 0.916. The summed E-state index contributed by atoms with van der Waals surface area (Å²) in [6.07, 6.45) is 1.94. The molecule has 1 heterocycles. The van der Waals surface area contributed by atoms with Crippen LogP contribution in [0.5, 0.6) is 0 Å². The highest BCUT2D eigenvalue weighted by Gasteiger charge is 2.22. The Kier molecular flexibility index (Phi) is 6.69. The number of benzene rings is 1. The molecule has 1 aromatic rings. The Labute approximate surface area is 119 Å². The average Bonchev–Trinajstić information content (AvgIpc) is 2.36. The van der Waals surface area contributed by atoms with Gasteiger partial charge in [0.1, 0.15) is 11.6 Å². The van der Waals surface area contributed by atoms with Gasteiger partial charge in [0.25, 0.3) is 0 Å². The minimum Gasteiger partial charge on any atom is -0.314 e. The van der Waals surface area contributed by atoms with Crippen molar-refractivity contribution in [2.45, 2.75) is 25.8 Å². The first-order valence-corrected chi connectivity index (χ1v) is 6.61. The normalized spacial score (nSPS) is 17.8. The monoisotopic (exact) mass is 290 g/mol. The summed E-state index contributed by atoms with van der Waals surface area (Å²) in [6.45, 7) is 5.85. The molecule has 2 nitrogen and oxygen atoms in total. The molecule has 1 N–H and O–H groups in total. The van der Waals surface area contributed by atoms with E-state index in [0.29, 0.717) is 0 Å². The number of hydrogen-bond donors (Lipinski definition) is 1. The van der Waals surface area contributed by atoms with Crippen LogP contribution in [0, 0.1) is 11.6 Å². The maximum absolute atomic E-state index is 13.3. The summed E-state index contributed by atoms with van der Waals surface area (Å²) in [6, 6.07) is 3.99. The van der Waals surface area contributed by atoms with Crippen LogP contribution < -0.4 is 5.32 Å². The highest BCUT2D eigenvalue weighted by atomic mass is 35.5. The largest absolute Gasteiger partial charge is 0.314 e. The number of nitrogens with zero attached hydrogens (tertiary/aromatic N) is 1. The second kappa shape index (κ2) is 7.78. The lowest BCUT2D eigenvalue weighted by molar-refractivity contribution is 0.164. The van der Waals surface area contributed by atoms with Gasteiger partial charge in [-0.25, -0.2) is 8.78 Å². The molecule has 1 aromatic carbocycles. The van der Waals surface area contributed by atoms with Crippen molar-refractivity contribution in [2.75, 3.05) is 26.2 Å². The average molecular weight is 291 g/mol. The molecule has 0 amide bonds. The van der Waals surface area contributed by atoms with Crippen LogP contribution in [0.3, 0.4) is 0 Å².